The van der Waals surface area contributed by atoms with Crippen LogP contribution in [0.2, 0.25) is 0 Å². The Morgan fingerprint density at radius 3 is 2.65 bits per heavy atom. The van der Waals surface area contributed by atoms with Gasteiger partial charge < -0.3 is 20.9 Å². The van der Waals surface area contributed by atoms with Crippen LogP contribution in [0.3, 0.4) is 0 Å². The number of carbonyl (C=O) groups excluding carboxylic acids is 1. The quantitative estimate of drug-likeness (QED) is 0.528. The molecule has 1 fully saturated rings. The Hall–Kier alpha value is -3.03. The highest BCUT2D eigenvalue weighted by Crippen LogP contribution is 2.16. The summed E-state index contributed by atoms with van der Waals surface area (Å²) in [6, 6.07) is 10.2. The number of anilines is 1. The van der Waals surface area contributed by atoms with Gasteiger partial charge in [0.25, 0.3) is 0 Å². The molecule has 0 radical (unpaired) electrons. The number of aliphatic imine (C=N–C) groups is 1. The molecule has 0 spiro atoms. The summed E-state index contributed by atoms with van der Waals surface area (Å²) in [4.78, 5) is 17.8. The van der Waals surface area contributed by atoms with E-state index >= 15 is 0 Å². The van der Waals surface area contributed by atoms with Crippen LogP contribution in [-0.4, -0.2) is 48.3 Å². The molecule has 1 amide bonds. The van der Waals surface area contributed by atoms with Crippen molar-refractivity contribution >= 4 is 17.6 Å². The fourth-order valence-electron chi connectivity index (χ4n) is 2.84. The summed E-state index contributed by atoms with van der Waals surface area (Å²) >= 11 is 0. The number of carbonyl (C=O) groups is 1. The Morgan fingerprint density at radius 2 is 2.00 bits per heavy atom. The molecule has 0 saturated carbocycles. The van der Waals surface area contributed by atoms with Crippen LogP contribution in [0.25, 0.3) is 0 Å². The normalized spacial score (nSPS) is 14.9. The number of benzene rings is 1. The monoisotopic (exact) mass is 355 g/mol. The highest BCUT2D eigenvalue weighted by Gasteiger charge is 2.16. The second-order valence-electron chi connectivity index (χ2n) is 6.16. The minimum Gasteiger partial charge on any atom is -0.360 e. The third kappa shape index (κ3) is 4.53. The van der Waals surface area contributed by atoms with Crippen LogP contribution in [-0.2, 0) is 24.9 Å². The lowest BCUT2D eigenvalue weighted by atomic mass is 10.2. The summed E-state index contributed by atoms with van der Waals surface area (Å²) in [5.41, 5.74) is 3.31. The van der Waals surface area contributed by atoms with Crippen molar-refractivity contribution in [1.29, 1.82) is 0 Å². The fourth-order valence-corrected chi connectivity index (χ4v) is 2.84. The van der Waals surface area contributed by atoms with Gasteiger partial charge in [0.15, 0.2) is 5.96 Å². The molecule has 1 aromatic carbocycles. The molecule has 1 saturated heterocycles. The molecule has 8 nitrogen and oxygen atoms in total. The van der Waals surface area contributed by atoms with Gasteiger partial charge in [-0.1, -0.05) is 12.1 Å². The predicted octanol–water partition coefficient (Wildman–Crippen LogP) is 0.222. The number of hydrogen-bond acceptors (Lipinski definition) is 4. The van der Waals surface area contributed by atoms with E-state index in [9.17, 15) is 4.79 Å². The van der Waals surface area contributed by atoms with Gasteiger partial charge in [-0.25, -0.2) is 0 Å². The second kappa shape index (κ2) is 8.37. The van der Waals surface area contributed by atoms with Gasteiger partial charge in [-0.05, 0) is 23.8 Å². The summed E-state index contributed by atoms with van der Waals surface area (Å²) < 4.78 is 1.83. The Bertz CT molecular complexity index is 766. The molecule has 0 unspecified atom stereocenters. The highest BCUT2D eigenvalue weighted by atomic mass is 16.2. The van der Waals surface area contributed by atoms with E-state index in [-0.39, 0.29) is 5.91 Å². The molecule has 1 aliphatic rings. The first-order valence-corrected chi connectivity index (χ1v) is 8.67. The summed E-state index contributed by atoms with van der Waals surface area (Å²) in [6.45, 7) is 3.29. The van der Waals surface area contributed by atoms with E-state index < -0.39 is 0 Å². The van der Waals surface area contributed by atoms with Gasteiger partial charge in [0.1, 0.15) is 0 Å². The van der Waals surface area contributed by atoms with Gasteiger partial charge in [-0.3, -0.25) is 14.5 Å². The first-order chi connectivity index (χ1) is 12.7. The Labute approximate surface area is 153 Å². The summed E-state index contributed by atoms with van der Waals surface area (Å²) in [7, 11) is 3.67. The first-order valence-electron chi connectivity index (χ1n) is 8.67. The number of piperazine rings is 1. The van der Waals surface area contributed by atoms with E-state index in [2.05, 4.69) is 55.2 Å². The van der Waals surface area contributed by atoms with Crippen molar-refractivity contribution in [1.82, 2.24) is 25.7 Å². The topological polar surface area (TPSA) is 86.6 Å². The zero-order valence-electron chi connectivity index (χ0n) is 15.2. The predicted molar refractivity (Wildman–Crippen MR) is 102 cm³/mol. The zero-order chi connectivity index (χ0) is 18.4. The van der Waals surface area contributed by atoms with E-state index in [4.69, 9.17) is 0 Å². The van der Waals surface area contributed by atoms with Crippen molar-refractivity contribution in [2.75, 3.05) is 31.6 Å². The van der Waals surface area contributed by atoms with E-state index in [1.165, 1.54) is 0 Å². The molecule has 26 heavy (non-hydrogen) atoms. The Balaban J connectivity index is 1.50. The molecule has 2 aromatic rings. The van der Waals surface area contributed by atoms with Crippen LogP contribution < -0.4 is 20.9 Å². The van der Waals surface area contributed by atoms with Crippen LogP contribution in [0, 0.1) is 0 Å². The first kappa shape index (κ1) is 17.8. The third-order valence-corrected chi connectivity index (χ3v) is 4.38. The number of aromatic nitrogens is 2. The van der Waals surface area contributed by atoms with Crippen LogP contribution in [0.1, 0.15) is 11.3 Å². The van der Waals surface area contributed by atoms with Crippen molar-refractivity contribution in [3.05, 3.63) is 47.8 Å². The highest BCUT2D eigenvalue weighted by molar-refractivity contribution is 5.82. The van der Waals surface area contributed by atoms with Crippen molar-refractivity contribution in [2.45, 2.75) is 13.1 Å². The van der Waals surface area contributed by atoms with Crippen molar-refractivity contribution in [3.63, 3.8) is 0 Å². The fraction of sp³-hybridized carbons (Fsp3) is 0.389. The SMILES string of the molecule is CN=C(NCc1ccc(N2CCNC(=O)C2)cc1)NCc1ccnn1C. The number of nitrogens with one attached hydrogen (secondary N) is 3. The number of aryl methyl sites for hydroxylation is 1. The van der Waals surface area contributed by atoms with Crippen LogP contribution in [0.4, 0.5) is 5.69 Å². The van der Waals surface area contributed by atoms with Crippen LogP contribution in [0.5, 0.6) is 0 Å². The molecule has 8 heteroatoms. The number of rotatable bonds is 5. The van der Waals surface area contributed by atoms with Gasteiger partial charge in [0, 0.05) is 45.6 Å². The lowest BCUT2D eigenvalue weighted by Gasteiger charge is -2.28. The summed E-state index contributed by atoms with van der Waals surface area (Å²) in [6.07, 6.45) is 1.78. The van der Waals surface area contributed by atoms with E-state index in [0.717, 1.165) is 29.4 Å². The van der Waals surface area contributed by atoms with E-state index in [1.54, 1.807) is 13.2 Å². The molecular weight excluding hydrogens is 330 g/mol. The largest absolute Gasteiger partial charge is 0.360 e. The van der Waals surface area contributed by atoms with Crippen molar-refractivity contribution in [3.8, 4) is 0 Å². The third-order valence-electron chi connectivity index (χ3n) is 4.38. The number of amides is 1. The van der Waals surface area contributed by atoms with Gasteiger partial charge in [0.05, 0.1) is 18.8 Å². The molecule has 0 aliphatic carbocycles. The lowest BCUT2D eigenvalue weighted by Crippen LogP contribution is -2.47. The molecule has 138 valence electrons. The molecule has 1 aliphatic heterocycles. The Morgan fingerprint density at radius 1 is 1.23 bits per heavy atom. The van der Waals surface area contributed by atoms with Crippen LogP contribution >= 0.6 is 0 Å². The van der Waals surface area contributed by atoms with Gasteiger partial charge >= 0.3 is 0 Å². The minimum atomic E-state index is 0.0743. The van der Waals surface area contributed by atoms with Gasteiger partial charge in [-0.2, -0.15) is 5.10 Å². The Kier molecular flexibility index (Phi) is 5.73. The summed E-state index contributed by atoms with van der Waals surface area (Å²) in [5.74, 6) is 0.813. The average Bonchev–Trinajstić information content (AvgIpc) is 3.07. The number of guanidine groups is 1. The summed E-state index contributed by atoms with van der Waals surface area (Å²) in [5, 5.41) is 13.6. The van der Waals surface area contributed by atoms with Crippen molar-refractivity contribution in [2.24, 2.45) is 12.0 Å². The minimum absolute atomic E-state index is 0.0743. The smallest absolute Gasteiger partial charge is 0.239 e. The maximum atomic E-state index is 11.5. The zero-order valence-corrected chi connectivity index (χ0v) is 15.2. The van der Waals surface area contributed by atoms with E-state index in [0.29, 0.717) is 26.2 Å². The second-order valence-corrected chi connectivity index (χ2v) is 6.16. The van der Waals surface area contributed by atoms with Gasteiger partial charge in [0.2, 0.25) is 5.91 Å². The molecule has 2 heterocycles. The molecule has 3 N–H and O–H groups in total. The maximum absolute atomic E-state index is 11.5. The molecular formula is C18H25N7O. The lowest BCUT2D eigenvalue weighted by molar-refractivity contribution is -0.120. The standard InChI is InChI=1S/C18H25N7O/c1-19-18(22-12-16-7-8-23-24(16)2)21-11-14-3-5-15(6-4-14)25-10-9-20-17(26)13-25/h3-8H,9-13H2,1-2H3,(H,20,26)(H2,19,21,22). The molecule has 1 aromatic heterocycles. The molecule has 0 bridgehead atoms. The molecule has 3 rings (SSSR count). The van der Waals surface area contributed by atoms with E-state index in [1.807, 2.05) is 17.8 Å². The molecule has 0 atom stereocenters. The number of hydrogen-bond donors (Lipinski definition) is 3. The van der Waals surface area contributed by atoms with Crippen LogP contribution in [0.15, 0.2) is 41.5 Å². The average molecular weight is 355 g/mol. The van der Waals surface area contributed by atoms with Gasteiger partial charge in [-0.15, -0.1) is 0 Å². The maximum Gasteiger partial charge on any atom is 0.239 e. The van der Waals surface area contributed by atoms with Crippen molar-refractivity contribution < 1.29 is 4.79 Å². The number of nitrogens with zero attached hydrogens (tertiary/aromatic N) is 4.